The van der Waals surface area contributed by atoms with E-state index in [-0.39, 0.29) is 52.0 Å². The van der Waals surface area contributed by atoms with Gasteiger partial charge in [-0.2, -0.15) is 0 Å². The second kappa shape index (κ2) is 11.3. The van der Waals surface area contributed by atoms with Gasteiger partial charge in [0.1, 0.15) is 40.3 Å². The highest BCUT2D eigenvalue weighted by atomic mass is 35.5. The van der Waals surface area contributed by atoms with Gasteiger partial charge in [-0.05, 0) is 31.0 Å². The van der Waals surface area contributed by atoms with Gasteiger partial charge in [0, 0.05) is 54.3 Å². The van der Waals surface area contributed by atoms with Crippen molar-refractivity contribution in [3.63, 3.8) is 0 Å². The van der Waals surface area contributed by atoms with Gasteiger partial charge >= 0.3 is 5.97 Å². The van der Waals surface area contributed by atoms with Crippen molar-refractivity contribution in [1.29, 1.82) is 0 Å². The molecule has 1 aromatic heterocycles. The predicted molar refractivity (Wildman–Crippen MR) is 163 cm³/mol. The van der Waals surface area contributed by atoms with Crippen LogP contribution in [0.15, 0.2) is 65.3 Å². The number of imidazole rings is 1. The van der Waals surface area contributed by atoms with Gasteiger partial charge in [-0.15, -0.1) is 0 Å². The molecule has 2 aromatic carbocycles. The predicted octanol–water partition coefficient (Wildman–Crippen LogP) is 4.68. The highest BCUT2D eigenvalue weighted by Crippen LogP contribution is 2.56. The standard InChI is InChI=1S/C33H32ClN3O8/c1-16-13-20-26(30(38)33(16)31(39)27-21(41-4)14-22(42-5)28(34)29(27)45-33)25(24(17(2)36-20)32(40)43-6)18-7-9-19(10-8-18)44-15-23-35-11-12-37(23)3/h7-12,14,16,25,36H,13,15H2,1-6H3. The number of aromatic nitrogens is 2. The molecule has 45 heavy (non-hydrogen) atoms. The number of aryl methyl sites for hydroxylation is 1. The van der Waals surface area contributed by atoms with Gasteiger partial charge in [0.25, 0.3) is 0 Å². The Morgan fingerprint density at radius 1 is 1.13 bits per heavy atom. The number of halogens is 1. The number of allylic oxidation sites excluding steroid dienone is 2. The molecule has 0 saturated carbocycles. The molecule has 3 heterocycles. The zero-order valence-corrected chi connectivity index (χ0v) is 26.4. The van der Waals surface area contributed by atoms with Crippen molar-refractivity contribution in [2.45, 2.75) is 38.4 Å². The molecule has 6 rings (SSSR count). The number of methoxy groups -OCH3 is 3. The third kappa shape index (κ3) is 4.56. The van der Waals surface area contributed by atoms with E-state index in [1.165, 1.54) is 27.4 Å². The number of benzene rings is 2. The zero-order valence-electron chi connectivity index (χ0n) is 25.6. The van der Waals surface area contributed by atoms with Gasteiger partial charge in [-0.3, -0.25) is 9.59 Å². The molecule has 11 nitrogen and oxygen atoms in total. The number of fused-ring (bicyclic) bond motifs is 1. The maximum Gasteiger partial charge on any atom is 0.336 e. The van der Waals surface area contributed by atoms with E-state index in [0.29, 0.717) is 22.7 Å². The number of carbonyl (C=O) groups excluding carboxylic acids is 3. The molecule has 1 spiro atoms. The number of ether oxygens (including phenoxy) is 5. The minimum atomic E-state index is -1.94. The molecule has 0 radical (unpaired) electrons. The summed E-state index contributed by atoms with van der Waals surface area (Å²) in [5.74, 6) is -1.44. The summed E-state index contributed by atoms with van der Waals surface area (Å²) in [6.07, 6.45) is 3.81. The Labute approximate surface area is 264 Å². The number of nitrogens with one attached hydrogen (secondary N) is 1. The molecule has 0 saturated heterocycles. The third-order valence-electron chi connectivity index (χ3n) is 8.76. The molecule has 3 unspecified atom stereocenters. The molecule has 0 bridgehead atoms. The van der Waals surface area contributed by atoms with E-state index in [2.05, 4.69) is 10.3 Å². The first-order valence-electron chi connectivity index (χ1n) is 14.3. The van der Waals surface area contributed by atoms with Crippen LogP contribution in [0.5, 0.6) is 23.0 Å². The summed E-state index contributed by atoms with van der Waals surface area (Å²) in [7, 11) is 6.01. The Balaban J connectivity index is 1.43. The minimum Gasteiger partial charge on any atom is -0.496 e. The van der Waals surface area contributed by atoms with E-state index in [1.54, 1.807) is 44.3 Å². The number of carbonyl (C=O) groups is 3. The van der Waals surface area contributed by atoms with Crippen LogP contribution < -0.4 is 24.3 Å². The second-order valence-corrected chi connectivity index (χ2v) is 11.6. The molecule has 3 aromatic rings. The van der Waals surface area contributed by atoms with Gasteiger partial charge in [-0.1, -0.05) is 30.7 Å². The monoisotopic (exact) mass is 633 g/mol. The Hall–Kier alpha value is -4.77. The molecule has 1 N–H and O–H groups in total. The molecule has 0 fully saturated rings. The van der Waals surface area contributed by atoms with E-state index in [4.69, 9.17) is 35.3 Å². The quantitative estimate of drug-likeness (QED) is 0.289. The van der Waals surface area contributed by atoms with E-state index in [1.807, 2.05) is 17.8 Å². The lowest BCUT2D eigenvalue weighted by molar-refractivity contribution is -0.136. The normalized spacial score (nSPS) is 22.1. The lowest BCUT2D eigenvalue weighted by atomic mass is 9.65. The molecule has 0 amide bonds. The van der Waals surface area contributed by atoms with Crippen molar-refractivity contribution in [2.75, 3.05) is 21.3 Å². The summed E-state index contributed by atoms with van der Waals surface area (Å²) in [5, 5.41) is 3.32. The molecule has 3 atom stereocenters. The SMILES string of the molecule is COC(=O)C1=C(C)NC2=C(C(=O)C3(Oc4c(Cl)c(OC)cc(OC)c4C3=O)C(C)C2)C1c1ccc(OCc2nccn2C)cc1. The molecule has 234 valence electrons. The zero-order chi connectivity index (χ0) is 32.2. The van der Waals surface area contributed by atoms with Crippen molar-refractivity contribution in [1.82, 2.24) is 14.9 Å². The van der Waals surface area contributed by atoms with Gasteiger partial charge in [0.2, 0.25) is 17.2 Å². The summed E-state index contributed by atoms with van der Waals surface area (Å²) in [5.41, 5.74) is 0.398. The summed E-state index contributed by atoms with van der Waals surface area (Å²) in [6.45, 7) is 3.80. The van der Waals surface area contributed by atoms with Crippen molar-refractivity contribution < 1.29 is 38.1 Å². The summed E-state index contributed by atoms with van der Waals surface area (Å²) in [4.78, 5) is 46.7. The maximum absolute atomic E-state index is 14.9. The maximum atomic E-state index is 14.9. The molecular formula is C33H32ClN3O8. The van der Waals surface area contributed by atoms with Crippen LogP contribution in [-0.4, -0.2) is 54.0 Å². The summed E-state index contributed by atoms with van der Waals surface area (Å²) >= 11 is 6.61. The van der Waals surface area contributed by atoms with Crippen LogP contribution in [0.2, 0.25) is 5.02 Å². The van der Waals surface area contributed by atoms with Gasteiger partial charge in [0.05, 0.1) is 26.9 Å². The number of nitrogens with zero attached hydrogens (tertiary/aromatic N) is 2. The fraction of sp³-hybridized carbons (Fsp3) is 0.333. The number of hydrogen-bond donors (Lipinski definition) is 1. The van der Waals surface area contributed by atoms with Crippen LogP contribution in [0.1, 0.15) is 47.9 Å². The van der Waals surface area contributed by atoms with Gasteiger partial charge < -0.3 is 33.6 Å². The van der Waals surface area contributed by atoms with Crippen LogP contribution in [0.3, 0.4) is 0 Å². The highest BCUT2D eigenvalue weighted by molar-refractivity contribution is 6.36. The van der Waals surface area contributed by atoms with Crippen molar-refractivity contribution >= 4 is 29.1 Å². The number of ketones is 2. The van der Waals surface area contributed by atoms with E-state index >= 15 is 0 Å². The largest absolute Gasteiger partial charge is 0.496 e. The van der Waals surface area contributed by atoms with Gasteiger partial charge in [-0.25, -0.2) is 9.78 Å². The lowest BCUT2D eigenvalue weighted by Gasteiger charge is -2.42. The van der Waals surface area contributed by atoms with Crippen LogP contribution in [0.25, 0.3) is 0 Å². The number of dihydropyridines is 1. The first-order chi connectivity index (χ1) is 21.6. The number of esters is 1. The second-order valence-electron chi connectivity index (χ2n) is 11.2. The average molecular weight is 634 g/mol. The average Bonchev–Trinajstić information content (AvgIpc) is 3.59. The van der Waals surface area contributed by atoms with Crippen LogP contribution in [-0.2, 0) is 28.0 Å². The minimum absolute atomic E-state index is 0.0246. The van der Waals surface area contributed by atoms with Crippen molar-refractivity contribution in [3.8, 4) is 23.0 Å². The first kappa shape index (κ1) is 30.3. The number of rotatable bonds is 7. The Kier molecular flexibility index (Phi) is 7.60. The van der Waals surface area contributed by atoms with E-state index < -0.39 is 35.0 Å². The van der Waals surface area contributed by atoms with Crippen molar-refractivity contribution in [2.24, 2.45) is 13.0 Å². The molecular weight excluding hydrogens is 602 g/mol. The van der Waals surface area contributed by atoms with Crippen LogP contribution in [0, 0.1) is 5.92 Å². The Morgan fingerprint density at radius 2 is 1.84 bits per heavy atom. The van der Waals surface area contributed by atoms with Gasteiger partial charge in [0.15, 0.2) is 5.75 Å². The van der Waals surface area contributed by atoms with E-state index in [9.17, 15) is 14.4 Å². The van der Waals surface area contributed by atoms with E-state index in [0.717, 1.165) is 5.82 Å². The molecule has 3 aliphatic rings. The summed E-state index contributed by atoms with van der Waals surface area (Å²) < 4.78 is 30.2. The third-order valence-corrected chi connectivity index (χ3v) is 9.12. The number of hydrogen-bond acceptors (Lipinski definition) is 10. The summed E-state index contributed by atoms with van der Waals surface area (Å²) in [6, 6.07) is 8.60. The lowest BCUT2D eigenvalue weighted by Crippen LogP contribution is -2.58. The number of Topliss-reactive ketones (excluding diaryl/α,β-unsaturated/α-hetero) is 2. The Bertz CT molecular complexity index is 1810. The smallest absolute Gasteiger partial charge is 0.336 e. The molecule has 1 aliphatic carbocycles. The fourth-order valence-electron chi connectivity index (χ4n) is 6.43. The fourth-order valence-corrected chi connectivity index (χ4v) is 6.69. The first-order valence-corrected chi connectivity index (χ1v) is 14.7. The van der Waals surface area contributed by atoms with Crippen LogP contribution in [0.4, 0.5) is 0 Å². The van der Waals surface area contributed by atoms with Crippen LogP contribution >= 0.6 is 11.6 Å². The molecule has 12 heteroatoms. The molecule has 2 aliphatic heterocycles. The van der Waals surface area contributed by atoms with Crippen molar-refractivity contribution in [3.05, 3.63) is 87.2 Å². The Morgan fingerprint density at radius 3 is 2.47 bits per heavy atom. The highest BCUT2D eigenvalue weighted by Gasteiger charge is 2.63. The topological polar surface area (TPSA) is 127 Å².